The van der Waals surface area contributed by atoms with Crippen molar-refractivity contribution in [1.29, 1.82) is 0 Å². The predicted octanol–water partition coefficient (Wildman–Crippen LogP) is 2.71. The van der Waals surface area contributed by atoms with Crippen molar-refractivity contribution in [2.24, 2.45) is 0 Å². The Hall–Kier alpha value is -0.860. The zero-order valence-electron chi connectivity index (χ0n) is 11.4. The summed E-state index contributed by atoms with van der Waals surface area (Å²) >= 11 is 0. The Morgan fingerprint density at radius 2 is 1.76 bits per heavy atom. The Labute approximate surface area is 105 Å². The highest BCUT2D eigenvalue weighted by Crippen LogP contribution is 2.27. The van der Waals surface area contributed by atoms with E-state index in [4.69, 9.17) is 5.11 Å². The van der Waals surface area contributed by atoms with Crippen LogP contribution in [0.1, 0.15) is 39.7 Å². The van der Waals surface area contributed by atoms with E-state index in [1.165, 1.54) is 5.56 Å². The third kappa shape index (κ3) is 3.83. The van der Waals surface area contributed by atoms with Gasteiger partial charge in [0.05, 0.1) is 0 Å². The van der Waals surface area contributed by atoms with Crippen LogP contribution in [0.25, 0.3) is 0 Å². The van der Waals surface area contributed by atoms with E-state index >= 15 is 0 Å². The second-order valence-electron chi connectivity index (χ2n) is 5.39. The first kappa shape index (κ1) is 14.2. The van der Waals surface area contributed by atoms with Crippen LogP contribution >= 0.6 is 0 Å². The molecule has 0 saturated heterocycles. The minimum Gasteiger partial charge on any atom is -0.396 e. The Morgan fingerprint density at radius 3 is 2.29 bits per heavy atom. The summed E-state index contributed by atoms with van der Waals surface area (Å²) in [7, 11) is 0. The molecule has 2 heteroatoms. The zero-order valence-corrected chi connectivity index (χ0v) is 11.4. The smallest absolute Gasteiger partial charge is 0.0445 e. The summed E-state index contributed by atoms with van der Waals surface area (Å²) in [6.45, 7) is 9.08. The molecular formula is C15H25NO. The van der Waals surface area contributed by atoms with Crippen LogP contribution in [0.2, 0.25) is 0 Å². The molecule has 0 heterocycles. The molecule has 2 atom stereocenters. The molecule has 0 aliphatic heterocycles. The molecule has 2 N–H and O–H groups in total. The lowest BCUT2D eigenvalue weighted by atomic mass is 9.78. The maximum Gasteiger partial charge on any atom is 0.0445 e. The molecule has 2 nitrogen and oxygen atoms in total. The van der Waals surface area contributed by atoms with Crippen LogP contribution in [0.3, 0.4) is 0 Å². The fraction of sp³-hybridized carbons (Fsp3) is 0.600. The van der Waals surface area contributed by atoms with Crippen LogP contribution < -0.4 is 5.32 Å². The van der Waals surface area contributed by atoms with Crippen LogP contribution in [0.15, 0.2) is 30.3 Å². The number of rotatable bonds is 6. The zero-order chi connectivity index (χ0) is 12.9. The SMILES string of the molecule is CC(N[C@H](C)CCO)C(C)(C)c1ccccc1. The van der Waals surface area contributed by atoms with E-state index in [1.807, 2.05) is 6.07 Å². The first-order valence-corrected chi connectivity index (χ1v) is 6.41. The van der Waals surface area contributed by atoms with Gasteiger partial charge < -0.3 is 10.4 Å². The number of hydrogen-bond donors (Lipinski definition) is 2. The van der Waals surface area contributed by atoms with E-state index in [0.717, 1.165) is 6.42 Å². The van der Waals surface area contributed by atoms with Crippen LogP contribution in [0, 0.1) is 0 Å². The van der Waals surface area contributed by atoms with E-state index in [9.17, 15) is 0 Å². The monoisotopic (exact) mass is 235 g/mol. The van der Waals surface area contributed by atoms with Crippen molar-refractivity contribution >= 4 is 0 Å². The second-order valence-corrected chi connectivity index (χ2v) is 5.39. The van der Waals surface area contributed by atoms with Gasteiger partial charge in [-0.1, -0.05) is 44.2 Å². The maximum absolute atomic E-state index is 8.93. The van der Waals surface area contributed by atoms with Gasteiger partial charge in [0.25, 0.3) is 0 Å². The fourth-order valence-corrected chi connectivity index (χ4v) is 2.03. The van der Waals surface area contributed by atoms with Crippen molar-refractivity contribution in [1.82, 2.24) is 5.32 Å². The number of aliphatic hydroxyl groups excluding tert-OH is 1. The lowest BCUT2D eigenvalue weighted by molar-refractivity contribution is 0.250. The maximum atomic E-state index is 8.93. The lowest BCUT2D eigenvalue weighted by Gasteiger charge is -2.35. The van der Waals surface area contributed by atoms with Gasteiger partial charge in [0.2, 0.25) is 0 Å². The minimum absolute atomic E-state index is 0.0883. The van der Waals surface area contributed by atoms with Crippen LogP contribution in [-0.2, 0) is 5.41 Å². The van der Waals surface area contributed by atoms with E-state index < -0.39 is 0 Å². The molecule has 0 aliphatic carbocycles. The topological polar surface area (TPSA) is 32.3 Å². The number of nitrogens with one attached hydrogen (secondary N) is 1. The molecule has 0 spiro atoms. The first-order valence-electron chi connectivity index (χ1n) is 6.41. The van der Waals surface area contributed by atoms with Crippen LogP contribution in [0.4, 0.5) is 0 Å². The summed E-state index contributed by atoms with van der Waals surface area (Å²) in [4.78, 5) is 0. The molecule has 0 fully saturated rings. The summed E-state index contributed by atoms with van der Waals surface area (Å²) in [5.41, 5.74) is 1.43. The Morgan fingerprint density at radius 1 is 1.18 bits per heavy atom. The van der Waals surface area contributed by atoms with Crippen molar-refractivity contribution in [3.05, 3.63) is 35.9 Å². The molecule has 0 amide bonds. The highest BCUT2D eigenvalue weighted by Gasteiger charge is 2.28. The van der Waals surface area contributed by atoms with Gasteiger partial charge in [-0.2, -0.15) is 0 Å². The Kier molecular flexibility index (Phi) is 5.16. The summed E-state index contributed by atoms with van der Waals surface area (Å²) in [6, 6.07) is 11.3. The molecule has 0 aromatic heterocycles. The van der Waals surface area contributed by atoms with Gasteiger partial charge in [-0.15, -0.1) is 0 Å². The van der Waals surface area contributed by atoms with E-state index in [1.54, 1.807) is 0 Å². The Balaban J connectivity index is 2.70. The van der Waals surface area contributed by atoms with Crippen molar-refractivity contribution in [3.63, 3.8) is 0 Å². The Bertz CT molecular complexity index is 321. The molecule has 0 radical (unpaired) electrons. The highest BCUT2D eigenvalue weighted by atomic mass is 16.3. The standard InChI is InChI=1S/C15H25NO/c1-12(10-11-17)16-13(2)15(3,4)14-8-6-5-7-9-14/h5-9,12-13,16-17H,10-11H2,1-4H3/t12-,13?/m1/s1. The van der Waals surface area contributed by atoms with Gasteiger partial charge in [0.15, 0.2) is 0 Å². The molecule has 0 aliphatic rings. The molecule has 1 rings (SSSR count). The van der Waals surface area contributed by atoms with Gasteiger partial charge in [0.1, 0.15) is 0 Å². The van der Waals surface area contributed by atoms with Gasteiger partial charge in [-0.25, -0.2) is 0 Å². The molecule has 1 aromatic carbocycles. The van der Waals surface area contributed by atoms with Crippen molar-refractivity contribution in [2.45, 2.75) is 51.6 Å². The van der Waals surface area contributed by atoms with E-state index in [0.29, 0.717) is 12.1 Å². The molecule has 96 valence electrons. The average Bonchev–Trinajstić information content (AvgIpc) is 2.30. The quantitative estimate of drug-likeness (QED) is 0.794. The summed E-state index contributed by atoms with van der Waals surface area (Å²) < 4.78 is 0. The van der Waals surface area contributed by atoms with E-state index in [-0.39, 0.29) is 12.0 Å². The van der Waals surface area contributed by atoms with Gasteiger partial charge in [-0.05, 0) is 25.8 Å². The van der Waals surface area contributed by atoms with Gasteiger partial charge >= 0.3 is 0 Å². The fourth-order valence-electron chi connectivity index (χ4n) is 2.03. The van der Waals surface area contributed by atoms with Gasteiger partial charge in [0, 0.05) is 24.1 Å². The van der Waals surface area contributed by atoms with Crippen molar-refractivity contribution in [2.75, 3.05) is 6.61 Å². The number of aliphatic hydroxyl groups is 1. The third-order valence-electron chi connectivity index (χ3n) is 3.70. The average molecular weight is 235 g/mol. The van der Waals surface area contributed by atoms with Crippen molar-refractivity contribution < 1.29 is 5.11 Å². The third-order valence-corrected chi connectivity index (χ3v) is 3.70. The largest absolute Gasteiger partial charge is 0.396 e. The minimum atomic E-state index is 0.0883. The molecular weight excluding hydrogens is 210 g/mol. The number of hydrogen-bond acceptors (Lipinski definition) is 2. The normalized spacial score (nSPS) is 15.6. The number of benzene rings is 1. The first-order chi connectivity index (χ1) is 7.98. The second kappa shape index (κ2) is 6.18. The van der Waals surface area contributed by atoms with Crippen LogP contribution in [0.5, 0.6) is 0 Å². The van der Waals surface area contributed by atoms with Crippen molar-refractivity contribution in [3.8, 4) is 0 Å². The lowest BCUT2D eigenvalue weighted by Crippen LogP contribution is -2.46. The summed E-state index contributed by atoms with van der Waals surface area (Å²) in [5, 5.41) is 12.5. The molecule has 1 unspecified atom stereocenters. The molecule has 1 aromatic rings. The highest BCUT2D eigenvalue weighted by molar-refractivity contribution is 5.25. The molecule has 17 heavy (non-hydrogen) atoms. The van der Waals surface area contributed by atoms with E-state index in [2.05, 4.69) is 57.3 Å². The van der Waals surface area contributed by atoms with Gasteiger partial charge in [-0.3, -0.25) is 0 Å². The summed E-state index contributed by atoms with van der Waals surface area (Å²) in [5.74, 6) is 0. The summed E-state index contributed by atoms with van der Waals surface area (Å²) in [6.07, 6.45) is 0.801. The molecule has 0 bridgehead atoms. The van der Waals surface area contributed by atoms with Crippen LogP contribution in [-0.4, -0.2) is 23.8 Å². The molecule has 0 saturated carbocycles. The predicted molar refractivity (Wildman–Crippen MR) is 73.2 cm³/mol.